The number of carbonyl (C=O) groups excluding carboxylic acids is 1. The van der Waals surface area contributed by atoms with Crippen LogP contribution in [0.1, 0.15) is 38.1 Å². The first-order valence-corrected chi connectivity index (χ1v) is 6.56. The van der Waals surface area contributed by atoms with Crippen LogP contribution >= 0.6 is 0 Å². The lowest BCUT2D eigenvalue weighted by Crippen LogP contribution is -2.31. The van der Waals surface area contributed by atoms with E-state index in [9.17, 15) is 4.79 Å². The molecular weight excluding hydrogens is 254 g/mol. The number of aromatic nitrogens is 2. The summed E-state index contributed by atoms with van der Waals surface area (Å²) in [5.41, 5.74) is 1.65. The van der Waals surface area contributed by atoms with Crippen molar-refractivity contribution in [1.29, 1.82) is 5.41 Å². The van der Waals surface area contributed by atoms with Crippen LogP contribution in [0.2, 0.25) is 0 Å². The molecule has 0 aliphatic carbocycles. The maximum absolute atomic E-state index is 11.9. The van der Waals surface area contributed by atoms with Gasteiger partial charge in [-0.3, -0.25) is 15.4 Å². The minimum Gasteiger partial charge on any atom is -0.306 e. The number of nitrogens with zero attached hydrogens (tertiary/aromatic N) is 3. The summed E-state index contributed by atoms with van der Waals surface area (Å²) in [6, 6.07) is -0.674. The number of nitrogens with one attached hydrogen (secondary N) is 2. The Morgan fingerprint density at radius 3 is 2.75 bits per heavy atom. The fraction of sp³-hybridized carbons (Fsp3) is 0.500. The fourth-order valence-electron chi connectivity index (χ4n) is 2.47. The van der Waals surface area contributed by atoms with Gasteiger partial charge in [0.15, 0.2) is 0 Å². The highest BCUT2D eigenvalue weighted by Crippen LogP contribution is 2.33. The summed E-state index contributed by atoms with van der Waals surface area (Å²) < 4.78 is 1.73. The van der Waals surface area contributed by atoms with Crippen molar-refractivity contribution < 1.29 is 4.79 Å². The van der Waals surface area contributed by atoms with Gasteiger partial charge in [0, 0.05) is 30.8 Å². The van der Waals surface area contributed by atoms with Crippen LogP contribution in [0.4, 0.5) is 4.79 Å². The van der Waals surface area contributed by atoms with E-state index in [1.807, 2.05) is 13.2 Å². The van der Waals surface area contributed by atoms with E-state index in [2.05, 4.69) is 37.8 Å². The molecule has 0 aromatic carbocycles. The van der Waals surface area contributed by atoms with Crippen LogP contribution < -0.4 is 5.32 Å². The van der Waals surface area contributed by atoms with Crippen LogP contribution in [0.25, 0.3) is 0 Å². The molecule has 2 heterocycles. The van der Waals surface area contributed by atoms with Crippen LogP contribution in [-0.4, -0.2) is 33.1 Å². The van der Waals surface area contributed by atoms with E-state index in [0.717, 1.165) is 11.3 Å². The Hall–Kier alpha value is -2.11. The summed E-state index contributed by atoms with van der Waals surface area (Å²) in [6.45, 7) is 10.3. The van der Waals surface area contributed by atoms with Gasteiger partial charge in [-0.1, -0.05) is 26.8 Å². The van der Waals surface area contributed by atoms with Crippen molar-refractivity contribution in [3.8, 4) is 0 Å². The smallest absolute Gasteiger partial charge is 0.306 e. The highest BCUT2D eigenvalue weighted by molar-refractivity contribution is 6.06. The summed E-state index contributed by atoms with van der Waals surface area (Å²) in [6.07, 6.45) is 3.55. The van der Waals surface area contributed by atoms with Gasteiger partial charge >= 0.3 is 6.03 Å². The van der Waals surface area contributed by atoms with Crippen LogP contribution in [0.3, 0.4) is 0 Å². The van der Waals surface area contributed by atoms with Gasteiger partial charge in [0.1, 0.15) is 11.9 Å². The third kappa shape index (κ3) is 2.33. The van der Waals surface area contributed by atoms with E-state index < -0.39 is 6.04 Å². The molecule has 1 aliphatic heterocycles. The number of urea groups is 1. The average Bonchev–Trinajstić information content (AvgIpc) is 2.81. The van der Waals surface area contributed by atoms with E-state index in [-0.39, 0.29) is 17.3 Å². The zero-order valence-corrected chi connectivity index (χ0v) is 12.4. The minimum absolute atomic E-state index is 0.150. The summed E-state index contributed by atoms with van der Waals surface area (Å²) in [4.78, 5) is 13.5. The predicted octanol–water partition coefficient (Wildman–Crippen LogP) is 1.95. The molecule has 0 radical (unpaired) electrons. The SMILES string of the molecule is C=CCN1C(=O)NC(=N)C1c1cn(C)nc1C(C)(C)C. The van der Waals surface area contributed by atoms with Crippen molar-refractivity contribution in [1.82, 2.24) is 20.0 Å². The molecule has 1 aliphatic rings. The molecule has 0 saturated carbocycles. The molecule has 20 heavy (non-hydrogen) atoms. The van der Waals surface area contributed by atoms with E-state index in [1.165, 1.54) is 0 Å². The molecule has 1 aromatic heterocycles. The molecule has 1 atom stereocenters. The van der Waals surface area contributed by atoms with Gasteiger partial charge in [-0.15, -0.1) is 6.58 Å². The normalized spacial score (nSPS) is 19.4. The summed E-state index contributed by atoms with van der Waals surface area (Å²) in [7, 11) is 1.85. The number of rotatable bonds is 3. The van der Waals surface area contributed by atoms with Gasteiger partial charge in [-0.25, -0.2) is 4.79 Å². The molecule has 0 spiro atoms. The number of hydrogen-bond acceptors (Lipinski definition) is 3. The van der Waals surface area contributed by atoms with E-state index in [0.29, 0.717) is 6.54 Å². The van der Waals surface area contributed by atoms with Gasteiger partial charge in [0.2, 0.25) is 0 Å². The van der Waals surface area contributed by atoms with Crippen molar-refractivity contribution >= 4 is 11.9 Å². The second-order valence-corrected chi connectivity index (χ2v) is 6.04. The lowest BCUT2D eigenvalue weighted by molar-refractivity contribution is 0.211. The van der Waals surface area contributed by atoms with Crippen LogP contribution in [0, 0.1) is 5.41 Å². The lowest BCUT2D eigenvalue weighted by Gasteiger charge is -2.24. The lowest BCUT2D eigenvalue weighted by atomic mass is 9.87. The number of amides is 2. The van der Waals surface area contributed by atoms with Crippen LogP contribution in [0.15, 0.2) is 18.9 Å². The Balaban J connectivity index is 2.51. The quantitative estimate of drug-likeness (QED) is 0.827. The van der Waals surface area contributed by atoms with Crippen LogP contribution in [-0.2, 0) is 12.5 Å². The molecule has 108 valence electrons. The standard InChI is InChI=1S/C14H21N5O/c1-6-7-19-10(12(15)16-13(19)20)9-8-18(5)17-11(9)14(2,3)4/h6,8,10H,1,7H2,2-5H3,(H2,15,16,20). The summed E-state index contributed by atoms with van der Waals surface area (Å²) in [5, 5.41) is 15.1. The molecular formula is C14H21N5O. The highest BCUT2D eigenvalue weighted by atomic mass is 16.2. The number of hydrogen-bond donors (Lipinski definition) is 2. The van der Waals surface area contributed by atoms with Crippen molar-refractivity contribution in [2.75, 3.05) is 6.54 Å². The highest BCUT2D eigenvalue weighted by Gasteiger charge is 2.39. The molecule has 1 aromatic rings. The Morgan fingerprint density at radius 2 is 2.20 bits per heavy atom. The third-order valence-electron chi connectivity index (χ3n) is 3.28. The molecule has 2 N–H and O–H groups in total. The fourth-order valence-corrected chi connectivity index (χ4v) is 2.47. The van der Waals surface area contributed by atoms with Gasteiger partial charge < -0.3 is 4.90 Å². The van der Waals surface area contributed by atoms with Crippen molar-refractivity contribution in [2.45, 2.75) is 32.2 Å². The third-order valence-corrected chi connectivity index (χ3v) is 3.28. The molecule has 1 saturated heterocycles. The second-order valence-electron chi connectivity index (χ2n) is 6.04. The van der Waals surface area contributed by atoms with Crippen molar-refractivity contribution in [3.63, 3.8) is 0 Å². The largest absolute Gasteiger partial charge is 0.323 e. The number of carbonyl (C=O) groups is 1. The zero-order valence-electron chi connectivity index (χ0n) is 12.4. The molecule has 1 fully saturated rings. The molecule has 6 heteroatoms. The topological polar surface area (TPSA) is 74.0 Å². The maximum atomic E-state index is 11.9. The molecule has 1 unspecified atom stereocenters. The number of aryl methyl sites for hydroxylation is 1. The first-order valence-electron chi connectivity index (χ1n) is 6.56. The Morgan fingerprint density at radius 1 is 1.55 bits per heavy atom. The average molecular weight is 275 g/mol. The minimum atomic E-state index is -0.413. The predicted molar refractivity (Wildman–Crippen MR) is 77.8 cm³/mol. The summed E-state index contributed by atoms with van der Waals surface area (Å²) in [5.74, 6) is 0.190. The first-order chi connectivity index (χ1) is 9.25. The summed E-state index contributed by atoms with van der Waals surface area (Å²) >= 11 is 0. The Kier molecular flexibility index (Phi) is 3.41. The first kappa shape index (κ1) is 14.3. The van der Waals surface area contributed by atoms with Gasteiger partial charge in [0.25, 0.3) is 0 Å². The maximum Gasteiger partial charge on any atom is 0.323 e. The zero-order chi connectivity index (χ0) is 15.1. The van der Waals surface area contributed by atoms with E-state index in [1.54, 1.807) is 15.7 Å². The molecule has 2 amide bonds. The molecule has 2 rings (SSSR count). The van der Waals surface area contributed by atoms with Crippen LogP contribution in [0.5, 0.6) is 0 Å². The molecule has 6 nitrogen and oxygen atoms in total. The van der Waals surface area contributed by atoms with Gasteiger partial charge in [0.05, 0.1) is 5.69 Å². The Bertz CT molecular complexity index is 567. The van der Waals surface area contributed by atoms with Gasteiger partial charge in [-0.05, 0) is 0 Å². The van der Waals surface area contributed by atoms with E-state index >= 15 is 0 Å². The van der Waals surface area contributed by atoms with E-state index in [4.69, 9.17) is 5.41 Å². The van der Waals surface area contributed by atoms with Crippen molar-refractivity contribution in [3.05, 3.63) is 30.1 Å². The number of amidine groups is 1. The van der Waals surface area contributed by atoms with Crippen molar-refractivity contribution in [2.24, 2.45) is 7.05 Å². The Labute approximate surface area is 119 Å². The monoisotopic (exact) mass is 275 g/mol. The van der Waals surface area contributed by atoms with Gasteiger partial charge in [-0.2, -0.15) is 5.10 Å². The molecule has 0 bridgehead atoms. The second kappa shape index (κ2) is 4.77.